The number of ether oxygens (including phenoxy) is 1. The molecule has 1 aromatic carbocycles. The van der Waals surface area contributed by atoms with E-state index < -0.39 is 47.2 Å². The summed E-state index contributed by atoms with van der Waals surface area (Å²) < 4.78 is 59.7. The van der Waals surface area contributed by atoms with Crippen LogP contribution >= 0.6 is 0 Å². The second kappa shape index (κ2) is 4.00. The van der Waals surface area contributed by atoms with Gasteiger partial charge in [0.15, 0.2) is 17.2 Å². The Balaban J connectivity index is 2.25. The molecule has 1 fully saturated rings. The van der Waals surface area contributed by atoms with Crippen molar-refractivity contribution in [2.45, 2.75) is 24.5 Å². The number of aliphatic imine (C=N–C) groups is 1. The third-order valence-corrected chi connectivity index (χ3v) is 3.68. The zero-order chi connectivity index (χ0) is 14.7. The third-order valence-electron chi connectivity index (χ3n) is 3.68. The van der Waals surface area contributed by atoms with Crippen molar-refractivity contribution in [2.24, 2.45) is 16.6 Å². The van der Waals surface area contributed by atoms with Crippen LogP contribution in [-0.4, -0.2) is 18.6 Å². The fourth-order valence-electron chi connectivity index (χ4n) is 2.70. The highest BCUT2D eigenvalue weighted by Crippen LogP contribution is 2.56. The lowest BCUT2D eigenvalue weighted by molar-refractivity contribution is 0.0173. The second-order valence-electron chi connectivity index (χ2n) is 4.94. The van der Waals surface area contributed by atoms with Gasteiger partial charge in [0.2, 0.25) is 0 Å². The minimum absolute atomic E-state index is 0.156. The molecule has 0 bridgehead atoms. The molecule has 1 aromatic rings. The van der Waals surface area contributed by atoms with Gasteiger partial charge in [0.05, 0.1) is 0 Å². The van der Waals surface area contributed by atoms with Crippen LogP contribution in [0.1, 0.15) is 12.0 Å². The number of halogens is 4. The van der Waals surface area contributed by atoms with Crippen LogP contribution in [-0.2, 0) is 10.3 Å². The number of hydrogen-bond acceptors (Lipinski definition) is 4. The molecule has 20 heavy (non-hydrogen) atoms. The normalized spacial score (nSPS) is 31.6. The maximum Gasteiger partial charge on any atom is 0.283 e. The van der Waals surface area contributed by atoms with Crippen LogP contribution in [0.25, 0.3) is 0 Å². The van der Waals surface area contributed by atoms with E-state index in [4.69, 9.17) is 16.2 Å². The molecule has 3 rings (SSSR count). The SMILES string of the molecule is NC1=N[C@](c2cc(N)cc(F)c2F)(C(F)F)[C@@H]2C[C@@H]2O1. The van der Waals surface area contributed by atoms with E-state index in [1.54, 1.807) is 0 Å². The fourth-order valence-corrected chi connectivity index (χ4v) is 2.70. The number of benzene rings is 1. The maximum atomic E-state index is 14.0. The smallest absolute Gasteiger partial charge is 0.283 e. The van der Waals surface area contributed by atoms with Crippen molar-refractivity contribution in [3.05, 3.63) is 29.3 Å². The summed E-state index contributed by atoms with van der Waals surface area (Å²) in [5.41, 5.74) is 7.82. The Bertz CT molecular complexity index is 607. The molecule has 4 N–H and O–H groups in total. The van der Waals surface area contributed by atoms with Crippen molar-refractivity contribution in [1.29, 1.82) is 0 Å². The number of nitrogen functional groups attached to an aromatic ring is 1. The van der Waals surface area contributed by atoms with E-state index in [9.17, 15) is 17.6 Å². The van der Waals surface area contributed by atoms with Gasteiger partial charge in [0.1, 0.15) is 6.10 Å². The van der Waals surface area contributed by atoms with Gasteiger partial charge in [0.25, 0.3) is 12.4 Å². The Labute approximate surface area is 111 Å². The van der Waals surface area contributed by atoms with Crippen LogP contribution < -0.4 is 11.5 Å². The molecule has 108 valence electrons. The Morgan fingerprint density at radius 1 is 1.30 bits per heavy atom. The van der Waals surface area contributed by atoms with Gasteiger partial charge in [-0.2, -0.15) is 0 Å². The lowest BCUT2D eigenvalue weighted by atomic mass is 9.84. The summed E-state index contributed by atoms with van der Waals surface area (Å²) in [5, 5.41) is 0. The van der Waals surface area contributed by atoms with E-state index in [2.05, 4.69) is 4.99 Å². The molecule has 0 radical (unpaired) electrons. The predicted molar refractivity (Wildman–Crippen MR) is 63.1 cm³/mol. The second-order valence-corrected chi connectivity index (χ2v) is 4.94. The molecule has 1 saturated carbocycles. The zero-order valence-electron chi connectivity index (χ0n) is 10.1. The number of fused-ring (bicyclic) bond motifs is 1. The average molecular weight is 289 g/mol. The van der Waals surface area contributed by atoms with Crippen LogP contribution in [0.2, 0.25) is 0 Å². The molecule has 2 aliphatic rings. The topological polar surface area (TPSA) is 73.6 Å². The molecule has 1 aliphatic carbocycles. The highest BCUT2D eigenvalue weighted by atomic mass is 19.3. The van der Waals surface area contributed by atoms with Crippen molar-refractivity contribution in [3.63, 3.8) is 0 Å². The van der Waals surface area contributed by atoms with E-state index in [1.807, 2.05) is 0 Å². The zero-order valence-corrected chi connectivity index (χ0v) is 10.1. The molecular formula is C12H11F4N3O. The number of amidine groups is 1. The van der Waals surface area contributed by atoms with Crippen LogP contribution in [0.4, 0.5) is 23.2 Å². The summed E-state index contributed by atoms with van der Waals surface area (Å²) in [4.78, 5) is 3.61. The minimum Gasteiger partial charge on any atom is -0.462 e. The van der Waals surface area contributed by atoms with E-state index in [1.165, 1.54) is 0 Å². The standard InChI is InChI=1S/C12H11F4N3O/c13-7-2-4(17)1-6(9(7)14)12(10(15)16)5-3-8(5)20-11(18)19-12/h1-2,5,8,10H,3,17H2,(H2,18,19)/t5-,8+,12-/m1/s1. The minimum atomic E-state index is -3.06. The Morgan fingerprint density at radius 2 is 2.00 bits per heavy atom. The predicted octanol–water partition coefficient (Wildman–Crippen LogP) is 1.74. The summed E-state index contributed by atoms with van der Waals surface area (Å²) in [7, 11) is 0. The first kappa shape index (κ1) is 13.0. The molecule has 0 amide bonds. The molecule has 0 spiro atoms. The lowest BCUT2D eigenvalue weighted by Gasteiger charge is -2.33. The van der Waals surface area contributed by atoms with Crippen molar-refractivity contribution in [3.8, 4) is 0 Å². The van der Waals surface area contributed by atoms with Crippen molar-refractivity contribution < 1.29 is 22.3 Å². The van der Waals surface area contributed by atoms with E-state index in [0.29, 0.717) is 0 Å². The number of nitrogens with two attached hydrogens (primary N) is 2. The summed E-state index contributed by atoms with van der Waals surface area (Å²) in [6, 6.07) is 1.25. The number of alkyl halides is 2. The average Bonchev–Trinajstić information content (AvgIpc) is 3.11. The molecular weight excluding hydrogens is 278 g/mol. The van der Waals surface area contributed by atoms with Gasteiger partial charge in [-0.25, -0.2) is 22.6 Å². The first-order valence-electron chi connectivity index (χ1n) is 5.91. The van der Waals surface area contributed by atoms with Gasteiger partial charge in [-0.05, 0) is 18.6 Å². The van der Waals surface area contributed by atoms with Crippen molar-refractivity contribution in [1.82, 2.24) is 0 Å². The number of nitrogens with zero attached hydrogens (tertiary/aromatic N) is 1. The largest absolute Gasteiger partial charge is 0.462 e. The first-order valence-corrected chi connectivity index (χ1v) is 5.91. The summed E-state index contributed by atoms with van der Waals surface area (Å²) in [5.74, 6) is -3.42. The highest BCUT2D eigenvalue weighted by Gasteiger charge is 2.64. The Kier molecular flexibility index (Phi) is 2.60. The molecule has 0 saturated heterocycles. The molecule has 3 atom stereocenters. The van der Waals surface area contributed by atoms with Gasteiger partial charge in [-0.3, -0.25) is 0 Å². The highest BCUT2D eigenvalue weighted by molar-refractivity contribution is 5.74. The molecule has 0 unspecified atom stereocenters. The lowest BCUT2D eigenvalue weighted by Crippen LogP contribution is -2.43. The van der Waals surface area contributed by atoms with Gasteiger partial charge >= 0.3 is 0 Å². The van der Waals surface area contributed by atoms with Crippen molar-refractivity contribution in [2.75, 3.05) is 5.73 Å². The summed E-state index contributed by atoms with van der Waals surface area (Å²) in [6.07, 6.45) is -3.36. The molecule has 1 heterocycles. The van der Waals surface area contributed by atoms with Gasteiger partial charge in [-0.1, -0.05) is 0 Å². The molecule has 1 aliphatic heterocycles. The van der Waals surface area contributed by atoms with Crippen molar-refractivity contribution >= 4 is 11.7 Å². The Morgan fingerprint density at radius 3 is 2.65 bits per heavy atom. The Hall–Kier alpha value is -1.99. The van der Waals surface area contributed by atoms with E-state index in [-0.39, 0.29) is 12.1 Å². The first-order chi connectivity index (χ1) is 9.36. The van der Waals surface area contributed by atoms with Gasteiger partial charge in [0, 0.05) is 17.2 Å². The van der Waals surface area contributed by atoms with E-state index >= 15 is 0 Å². The number of anilines is 1. The monoisotopic (exact) mass is 289 g/mol. The number of rotatable bonds is 2. The number of hydrogen-bond donors (Lipinski definition) is 2. The summed E-state index contributed by atoms with van der Waals surface area (Å²) >= 11 is 0. The molecule has 4 nitrogen and oxygen atoms in total. The van der Waals surface area contributed by atoms with Crippen LogP contribution in [0.3, 0.4) is 0 Å². The molecule has 0 aromatic heterocycles. The third kappa shape index (κ3) is 1.63. The van der Waals surface area contributed by atoms with Crippen LogP contribution in [0.5, 0.6) is 0 Å². The van der Waals surface area contributed by atoms with Gasteiger partial charge < -0.3 is 16.2 Å². The summed E-state index contributed by atoms with van der Waals surface area (Å²) in [6.45, 7) is 0. The molecule has 8 heteroatoms. The van der Waals surface area contributed by atoms with Gasteiger partial charge in [-0.15, -0.1) is 0 Å². The van der Waals surface area contributed by atoms with E-state index in [0.717, 1.165) is 12.1 Å². The van der Waals surface area contributed by atoms with Crippen LogP contribution in [0, 0.1) is 17.6 Å². The fraction of sp³-hybridized carbons (Fsp3) is 0.417. The maximum absolute atomic E-state index is 14.0. The van der Waals surface area contributed by atoms with Crippen LogP contribution in [0.15, 0.2) is 17.1 Å². The quantitative estimate of drug-likeness (QED) is 0.643.